The zero-order valence-electron chi connectivity index (χ0n) is 13.5. The molecule has 1 heterocycles. The van der Waals surface area contributed by atoms with Gasteiger partial charge in [0, 0.05) is 12.2 Å². The molecule has 2 aromatic carbocycles. The first-order chi connectivity index (χ1) is 11.7. The number of hydrogen-bond donors (Lipinski definition) is 3. The van der Waals surface area contributed by atoms with E-state index in [1.54, 1.807) is 12.1 Å². The molecule has 0 aliphatic carbocycles. The van der Waals surface area contributed by atoms with Crippen molar-refractivity contribution in [3.63, 3.8) is 0 Å². The van der Waals surface area contributed by atoms with Crippen LogP contribution in [-0.4, -0.2) is 24.5 Å². The maximum absolute atomic E-state index is 13.1. The molecule has 24 heavy (non-hydrogen) atoms. The first-order valence-electron chi connectivity index (χ1n) is 8.25. The molecule has 0 unspecified atom stereocenters. The molecule has 2 aromatic rings. The van der Waals surface area contributed by atoms with Gasteiger partial charge in [-0.15, -0.1) is 0 Å². The summed E-state index contributed by atoms with van der Waals surface area (Å²) in [6.45, 7) is 2.04. The van der Waals surface area contributed by atoms with Gasteiger partial charge in [0.15, 0.2) is 0 Å². The second kappa shape index (κ2) is 7.45. The highest BCUT2D eigenvalue weighted by Crippen LogP contribution is 2.25. The number of hydrogen-bond acceptors (Lipinski definition) is 3. The van der Waals surface area contributed by atoms with E-state index in [4.69, 9.17) is 0 Å². The van der Waals surface area contributed by atoms with E-state index < -0.39 is 5.54 Å². The Morgan fingerprint density at radius 1 is 1.04 bits per heavy atom. The molecular formula is C19H22FN3O. The Kier molecular flexibility index (Phi) is 5.11. The molecule has 0 aromatic heterocycles. The summed E-state index contributed by atoms with van der Waals surface area (Å²) in [5.74, 6) is -0.300. The monoisotopic (exact) mass is 327 g/mol. The first kappa shape index (κ1) is 16.5. The predicted octanol–water partition coefficient (Wildman–Crippen LogP) is 2.68. The van der Waals surface area contributed by atoms with Gasteiger partial charge in [0.1, 0.15) is 11.4 Å². The van der Waals surface area contributed by atoms with Crippen LogP contribution < -0.4 is 16.0 Å². The standard InChI is InChI=1S/C19H22FN3O/c20-16-6-8-17(9-7-16)23-19(10-12-21-13-11-19)18(24)22-14-15-4-2-1-3-5-15/h1-9,21,23H,10-14H2,(H,22,24). The number of halogens is 1. The summed E-state index contributed by atoms with van der Waals surface area (Å²) in [4.78, 5) is 12.9. The van der Waals surface area contributed by atoms with Crippen LogP contribution in [-0.2, 0) is 11.3 Å². The van der Waals surface area contributed by atoms with E-state index >= 15 is 0 Å². The van der Waals surface area contributed by atoms with Gasteiger partial charge in [-0.25, -0.2) is 4.39 Å². The Hall–Kier alpha value is -2.40. The molecule has 1 amide bonds. The molecule has 3 N–H and O–H groups in total. The summed E-state index contributed by atoms with van der Waals surface area (Å²) >= 11 is 0. The summed E-state index contributed by atoms with van der Waals surface area (Å²) in [6, 6.07) is 16.0. The maximum Gasteiger partial charge on any atom is 0.246 e. The Bertz CT molecular complexity index is 667. The van der Waals surface area contributed by atoms with Gasteiger partial charge in [-0.05, 0) is 55.8 Å². The van der Waals surface area contributed by atoms with Gasteiger partial charge in [0.25, 0.3) is 0 Å². The van der Waals surface area contributed by atoms with Crippen molar-refractivity contribution < 1.29 is 9.18 Å². The summed E-state index contributed by atoms with van der Waals surface area (Å²) < 4.78 is 13.1. The second-order valence-electron chi connectivity index (χ2n) is 6.13. The summed E-state index contributed by atoms with van der Waals surface area (Å²) in [6.07, 6.45) is 1.37. The highest BCUT2D eigenvalue weighted by molar-refractivity contribution is 5.89. The van der Waals surface area contributed by atoms with Crippen molar-refractivity contribution in [2.45, 2.75) is 24.9 Å². The van der Waals surface area contributed by atoms with Gasteiger partial charge in [0.2, 0.25) is 5.91 Å². The minimum atomic E-state index is -0.669. The van der Waals surface area contributed by atoms with Crippen LogP contribution in [0.2, 0.25) is 0 Å². The average molecular weight is 327 g/mol. The number of carbonyl (C=O) groups is 1. The zero-order valence-corrected chi connectivity index (χ0v) is 13.5. The molecule has 0 atom stereocenters. The van der Waals surface area contributed by atoms with Gasteiger partial charge in [-0.1, -0.05) is 30.3 Å². The fourth-order valence-electron chi connectivity index (χ4n) is 3.02. The first-order valence-corrected chi connectivity index (χ1v) is 8.25. The molecule has 0 spiro atoms. The van der Waals surface area contributed by atoms with Crippen LogP contribution in [0, 0.1) is 5.82 Å². The molecule has 0 radical (unpaired) electrons. The van der Waals surface area contributed by atoms with Crippen molar-refractivity contribution in [2.75, 3.05) is 18.4 Å². The Labute approximate surface area is 141 Å². The molecule has 126 valence electrons. The van der Waals surface area contributed by atoms with Gasteiger partial charge in [0.05, 0.1) is 0 Å². The van der Waals surface area contributed by atoms with Crippen molar-refractivity contribution in [2.24, 2.45) is 0 Å². The normalized spacial score (nSPS) is 16.4. The number of rotatable bonds is 5. The van der Waals surface area contributed by atoms with Gasteiger partial charge in [-0.3, -0.25) is 4.79 Å². The topological polar surface area (TPSA) is 53.2 Å². The number of benzene rings is 2. The van der Waals surface area contributed by atoms with Gasteiger partial charge in [-0.2, -0.15) is 0 Å². The summed E-state index contributed by atoms with van der Waals surface area (Å²) in [5, 5.41) is 9.66. The van der Waals surface area contributed by atoms with Crippen molar-refractivity contribution in [3.05, 3.63) is 66.0 Å². The van der Waals surface area contributed by atoms with E-state index in [1.807, 2.05) is 30.3 Å². The molecule has 0 saturated carbocycles. The van der Waals surface area contributed by atoms with Gasteiger partial charge >= 0.3 is 0 Å². The lowest BCUT2D eigenvalue weighted by Gasteiger charge is -2.37. The van der Waals surface area contributed by atoms with Gasteiger partial charge < -0.3 is 16.0 Å². The maximum atomic E-state index is 13.1. The van der Waals surface area contributed by atoms with Crippen LogP contribution >= 0.6 is 0 Å². The third-order valence-corrected chi connectivity index (χ3v) is 4.42. The highest BCUT2D eigenvalue weighted by Gasteiger charge is 2.39. The van der Waals surface area contributed by atoms with E-state index in [-0.39, 0.29) is 11.7 Å². The molecule has 5 heteroatoms. The molecule has 3 rings (SSSR count). The van der Waals surface area contributed by atoms with Crippen LogP contribution in [0.3, 0.4) is 0 Å². The van der Waals surface area contributed by atoms with Crippen molar-refractivity contribution in [3.8, 4) is 0 Å². The predicted molar refractivity (Wildman–Crippen MR) is 93.1 cm³/mol. The molecule has 1 saturated heterocycles. The minimum Gasteiger partial charge on any atom is -0.371 e. The number of nitrogens with one attached hydrogen (secondary N) is 3. The van der Waals surface area contributed by atoms with E-state index in [0.717, 1.165) is 24.3 Å². The van der Waals surface area contributed by atoms with E-state index in [0.29, 0.717) is 19.4 Å². The van der Waals surface area contributed by atoms with Crippen LogP contribution in [0.4, 0.5) is 10.1 Å². The lowest BCUT2D eigenvalue weighted by Crippen LogP contribution is -2.57. The lowest BCUT2D eigenvalue weighted by molar-refractivity contribution is -0.126. The Morgan fingerprint density at radius 3 is 2.38 bits per heavy atom. The number of amides is 1. The molecule has 1 fully saturated rings. The molecule has 1 aliphatic rings. The Balaban J connectivity index is 1.72. The van der Waals surface area contributed by atoms with Crippen LogP contribution in [0.5, 0.6) is 0 Å². The highest BCUT2D eigenvalue weighted by atomic mass is 19.1. The van der Waals surface area contributed by atoms with Crippen molar-refractivity contribution in [1.29, 1.82) is 0 Å². The quantitative estimate of drug-likeness (QED) is 0.791. The minimum absolute atomic E-state index is 0.0165. The van der Waals surface area contributed by atoms with Crippen LogP contribution in [0.25, 0.3) is 0 Å². The lowest BCUT2D eigenvalue weighted by atomic mass is 9.86. The number of piperidine rings is 1. The largest absolute Gasteiger partial charge is 0.371 e. The SMILES string of the molecule is O=C(NCc1ccccc1)C1(Nc2ccc(F)cc2)CCNCC1. The summed E-state index contributed by atoms with van der Waals surface area (Å²) in [7, 11) is 0. The van der Waals surface area contributed by atoms with E-state index in [2.05, 4.69) is 16.0 Å². The van der Waals surface area contributed by atoms with Crippen LogP contribution in [0.15, 0.2) is 54.6 Å². The molecule has 0 bridgehead atoms. The average Bonchev–Trinajstić information content (AvgIpc) is 2.63. The van der Waals surface area contributed by atoms with Crippen molar-refractivity contribution in [1.82, 2.24) is 10.6 Å². The molecule has 1 aliphatic heterocycles. The van der Waals surface area contributed by atoms with E-state index in [9.17, 15) is 9.18 Å². The Morgan fingerprint density at radius 2 is 1.71 bits per heavy atom. The third kappa shape index (κ3) is 3.92. The zero-order chi connectivity index (χ0) is 16.8. The fraction of sp³-hybridized carbons (Fsp3) is 0.316. The summed E-state index contributed by atoms with van der Waals surface area (Å²) in [5.41, 5.74) is 1.16. The molecule has 4 nitrogen and oxygen atoms in total. The van der Waals surface area contributed by atoms with Crippen molar-refractivity contribution >= 4 is 11.6 Å². The van der Waals surface area contributed by atoms with Crippen LogP contribution in [0.1, 0.15) is 18.4 Å². The number of carbonyl (C=O) groups excluding carboxylic acids is 1. The van der Waals surface area contributed by atoms with E-state index in [1.165, 1.54) is 12.1 Å². The molecular weight excluding hydrogens is 305 g/mol. The second-order valence-corrected chi connectivity index (χ2v) is 6.13. The fourth-order valence-corrected chi connectivity index (χ4v) is 3.02. The number of anilines is 1. The third-order valence-electron chi connectivity index (χ3n) is 4.42. The smallest absolute Gasteiger partial charge is 0.246 e.